The number of hydrogen-bond donors (Lipinski definition) is 2. The quantitative estimate of drug-likeness (QED) is 0.362. The molecule has 0 saturated heterocycles. The minimum atomic E-state index is -1.14. The number of fused-ring (bicyclic) bond motifs is 2. The topological polar surface area (TPSA) is 110 Å². The summed E-state index contributed by atoms with van der Waals surface area (Å²) in [5.74, 6) is -0.468. The molecule has 1 aromatic heterocycles. The molecule has 1 unspecified atom stereocenters. The third kappa shape index (κ3) is 4.57. The summed E-state index contributed by atoms with van der Waals surface area (Å²) >= 11 is 0. The fraction of sp³-hybridized carbons (Fsp3) is 0.179. The van der Waals surface area contributed by atoms with Crippen LogP contribution in [0.4, 0.5) is 10.1 Å². The number of carbonyl (C=O) groups is 2. The Kier molecular flexibility index (Phi) is 6.80. The second kappa shape index (κ2) is 10.3. The van der Waals surface area contributed by atoms with Crippen LogP contribution in [0.1, 0.15) is 15.9 Å². The van der Waals surface area contributed by atoms with Gasteiger partial charge in [-0.1, -0.05) is 18.2 Å². The Morgan fingerprint density at radius 1 is 1.05 bits per heavy atom. The van der Waals surface area contributed by atoms with Gasteiger partial charge in [0.15, 0.2) is 23.1 Å². The lowest BCUT2D eigenvalue weighted by molar-refractivity contribution is -0.121. The standard InChI is InChI=1S/C28H24FN3O6/c1-36-25-12-19-21(13-26(25)37-2)30-10-9-23(19)38-24-8-7-17(11-20(24)29)31-27(34)22(15-33)32-14-16-5-3-4-6-18(16)28(32)35/h3-13,22,33H,14-15H2,1-2H3,(H,31,34). The molecule has 2 amide bonds. The van der Waals surface area contributed by atoms with Crippen molar-refractivity contribution in [1.29, 1.82) is 0 Å². The zero-order valence-electron chi connectivity index (χ0n) is 20.6. The molecule has 1 atom stereocenters. The first-order valence-corrected chi connectivity index (χ1v) is 11.7. The molecular formula is C28H24FN3O6. The summed E-state index contributed by atoms with van der Waals surface area (Å²) in [7, 11) is 3.03. The monoisotopic (exact) mass is 517 g/mol. The number of methoxy groups -OCH3 is 2. The summed E-state index contributed by atoms with van der Waals surface area (Å²) in [5.41, 5.74) is 1.98. The number of aromatic nitrogens is 1. The number of pyridine rings is 1. The Bertz CT molecular complexity index is 1540. The van der Waals surface area contributed by atoms with Gasteiger partial charge in [0.25, 0.3) is 5.91 Å². The van der Waals surface area contributed by atoms with Crippen molar-refractivity contribution < 1.29 is 33.3 Å². The first-order chi connectivity index (χ1) is 18.4. The average Bonchev–Trinajstić information content (AvgIpc) is 3.26. The van der Waals surface area contributed by atoms with Crippen molar-refractivity contribution in [1.82, 2.24) is 9.88 Å². The molecule has 0 spiro atoms. The summed E-state index contributed by atoms with van der Waals surface area (Å²) < 4.78 is 31.5. The van der Waals surface area contributed by atoms with Gasteiger partial charge in [0.2, 0.25) is 5.91 Å². The third-order valence-electron chi connectivity index (χ3n) is 6.33. The largest absolute Gasteiger partial charge is 0.493 e. The summed E-state index contributed by atoms with van der Waals surface area (Å²) in [6.45, 7) is -0.385. The lowest BCUT2D eigenvalue weighted by atomic mass is 10.1. The van der Waals surface area contributed by atoms with E-state index in [0.717, 1.165) is 11.6 Å². The number of aliphatic hydroxyl groups is 1. The molecule has 194 valence electrons. The van der Waals surface area contributed by atoms with Crippen molar-refractivity contribution in [3.8, 4) is 23.0 Å². The number of aliphatic hydroxyl groups excluding tert-OH is 1. The van der Waals surface area contributed by atoms with Crippen LogP contribution >= 0.6 is 0 Å². The van der Waals surface area contributed by atoms with E-state index in [1.165, 1.54) is 37.4 Å². The summed E-state index contributed by atoms with van der Waals surface area (Å²) in [6, 6.07) is 14.8. The molecule has 2 N–H and O–H groups in total. The Balaban J connectivity index is 1.34. The van der Waals surface area contributed by atoms with Crippen molar-refractivity contribution in [2.75, 3.05) is 26.1 Å². The second-order valence-corrected chi connectivity index (χ2v) is 8.56. The van der Waals surface area contributed by atoms with Crippen LogP contribution in [0.15, 0.2) is 66.9 Å². The van der Waals surface area contributed by atoms with Crippen molar-refractivity contribution >= 4 is 28.4 Å². The first-order valence-electron chi connectivity index (χ1n) is 11.7. The van der Waals surface area contributed by atoms with Gasteiger partial charge in [0.1, 0.15) is 11.8 Å². The van der Waals surface area contributed by atoms with Crippen LogP contribution in [0.3, 0.4) is 0 Å². The maximum Gasteiger partial charge on any atom is 0.255 e. The number of benzene rings is 3. The van der Waals surface area contributed by atoms with E-state index in [4.69, 9.17) is 14.2 Å². The highest BCUT2D eigenvalue weighted by molar-refractivity contribution is 6.03. The minimum Gasteiger partial charge on any atom is -0.493 e. The second-order valence-electron chi connectivity index (χ2n) is 8.56. The van der Waals surface area contributed by atoms with Crippen LogP contribution in [-0.4, -0.2) is 53.7 Å². The zero-order valence-corrected chi connectivity index (χ0v) is 20.6. The van der Waals surface area contributed by atoms with E-state index in [2.05, 4.69) is 10.3 Å². The van der Waals surface area contributed by atoms with E-state index in [1.54, 1.807) is 42.5 Å². The van der Waals surface area contributed by atoms with Crippen LogP contribution < -0.4 is 19.5 Å². The molecule has 1 aliphatic rings. The van der Waals surface area contributed by atoms with Crippen LogP contribution in [-0.2, 0) is 11.3 Å². The smallest absolute Gasteiger partial charge is 0.255 e. The van der Waals surface area contributed by atoms with Crippen LogP contribution in [0.25, 0.3) is 10.9 Å². The summed E-state index contributed by atoms with van der Waals surface area (Å²) in [4.78, 5) is 31.3. The molecule has 0 radical (unpaired) electrons. The molecule has 4 aromatic rings. The lowest BCUT2D eigenvalue weighted by Crippen LogP contribution is -2.46. The fourth-order valence-electron chi connectivity index (χ4n) is 4.39. The van der Waals surface area contributed by atoms with Crippen LogP contribution in [0.5, 0.6) is 23.0 Å². The molecule has 10 heteroatoms. The Hall–Kier alpha value is -4.70. The van der Waals surface area contributed by atoms with Gasteiger partial charge < -0.3 is 29.5 Å². The molecule has 5 rings (SSSR count). The predicted octanol–water partition coefficient (Wildman–Crippen LogP) is 4.14. The predicted molar refractivity (Wildman–Crippen MR) is 137 cm³/mol. The maximum atomic E-state index is 15.0. The van der Waals surface area contributed by atoms with Gasteiger partial charge in [0, 0.05) is 41.5 Å². The molecular weight excluding hydrogens is 493 g/mol. The van der Waals surface area contributed by atoms with Crippen LogP contribution in [0.2, 0.25) is 0 Å². The third-order valence-corrected chi connectivity index (χ3v) is 6.33. The number of amides is 2. The van der Waals surface area contributed by atoms with Gasteiger partial charge in [-0.05, 0) is 35.9 Å². The number of ether oxygens (including phenoxy) is 3. The number of halogens is 1. The number of rotatable bonds is 8. The van der Waals surface area contributed by atoms with Crippen molar-refractivity contribution in [3.63, 3.8) is 0 Å². The first kappa shape index (κ1) is 25.0. The molecule has 2 heterocycles. The summed E-state index contributed by atoms with van der Waals surface area (Å²) in [5, 5.41) is 13.0. The van der Waals surface area contributed by atoms with E-state index in [9.17, 15) is 14.7 Å². The molecule has 0 saturated carbocycles. The van der Waals surface area contributed by atoms with Crippen molar-refractivity contribution in [2.24, 2.45) is 0 Å². The molecule has 0 fully saturated rings. The maximum absolute atomic E-state index is 15.0. The molecule has 0 aliphatic carbocycles. The van der Waals surface area contributed by atoms with Crippen molar-refractivity contribution in [2.45, 2.75) is 12.6 Å². The Morgan fingerprint density at radius 2 is 1.82 bits per heavy atom. The van der Waals surface area contributed by atoms with E-state index in [1.807, 2.05) is 0 Å². The molecule has 1 aliphatic heterocycles. The van der Waals surface area contributed by atoms with E-state index in [0.29, 0.717) is 33.7 Å². The van der Waals surface area contributed by atoms with Crippen LogP contribution in [0, 0.1) is 5.82 Å². The highest BCUT2D eigenvalue weighted by Gasteiger charge is 2.36. The normalized spacial score (nSPS) is 13.3. The average molecular weight is 518 g/mol. The van der Waals surface area contributed by atoms with E-state index >= 15 is 4.39 Å². The number of anilines is 1. The number of hydrogen-bond acceptors (Lipinski definition) is 7. The van der Waals surface area contributed by atoms with Crippen molar-refractivity contribution in [3.05, 3.63) is 83.8 Å². The van der Waals surface area contributed by atoms with Gasteiger partial charge >= 0.3 is 0 Å². The molecule has 9 nitrogen and oxygen atoms in total. The SMILES string of the molecule is COc1cc2nccc(Oc3ccc(NC(=O)C(CO)N4Cc5ccccc5C4=O)cc3F)c2cc1OC. The Labute approximate surface area is 217 Å². The van der Waals surface area contributed by atoms with Gasteiger partial charge in [-0.15, -0.1) is 0 Å². The van der Waals surface area contributed by atoms with Gasteiger partial charge in [-0.25, -0.2) is 4.39 Å². The van der Waals surface area contributed by atoms with Gasteiger partial charge in [-0.2, -0.15) is 0 Å². The highest BCUT2D eigenvalue weighted by Crippen LogP contribution is 2.37. The fourth-order valence-corrected chi connectivity index (χ4v) is 4.39. The molecule has 0 bridgehead atoms. The minimum absolute atomic E-state index is 0.0748. The lowest BCUT2D eigenvalue weighted by Gasteiger charge is -2.25. The molecule has 3 aromatic carbocycles. The Morgan fingerprint density at radius 3 is 2.53 bits per heavy atom. The van der Waals surface area contributed by atoms with Gasteiger partial charge in [-0.3, -0.25) is 14.6 Å². The van der Waals surface area contributed by atoms with Gasteiger partial charge in [0.05, 0.1) is 26.3 Å². The van der Waals surface area contributed by atoms with E-state index < -0.39 is 24.4 Å². The summed E-state index contributed by atoms with van der Waals surface area (Å²) in [6.07, 6.45) is 1.53. The number of nitrogens with zero attached hydrogens (tertiary/aromatic N) is 2. The van der Waals surface area contributed by atoms with E-state index in [-0.39, 0.29) is 23.9 Å². The number of nitrogens with one attached hydrogen (secondary N) is 1. The number of carbonyl (C=O) groups excluding carboxylic acids is 2. The molecule has 38 heavy (non-hydrogen) atoms. The highest BCUT2D eigenvalue weighted by atomic mass is 19.1. The zero-order chi connectivity index (χ0) is 26.8.